The van der Waals surface area contributed by atoms with Crippen molar-refractivity contribution < 1.29 is 0 Å². The summed E-state index contributed by atoms with van der Waals surface area (Å²) in [7, 11) is 0. The van der Waals surface area contributed by atoms with E-state index in [1.54, 1.807) is 0 Å². The zero-order valence-electron chi connectivity index (χ0n) is 29.1. The number of allylic oxidation sites excluding steroid dienone is 4. The predicted octanol–water partition coefficient (Wildman–Crippen LogP) is 12.9. The van der Waals surface area contributed by atoms with Crippen molar-refractivity contribution in [2.45, 2.75) is 13.8 Å². The first-order valence-electron chi connectivity index (χ1n) is 17.9. The lowest BCUT2D eigenvalue weighted by molar-refractivity contribution is 1.00. The molecule has 11 aromatic rings. The Labute approximate surface area is 308 Å². The van der Waals surface area contributed by atoms with Gasteiger partial charge in [0.15, 0.2) is 0 Å². The van der Waals surface area contributed by atoms with E-state index in [1.807, 2.05) is 23.6 Å². The molecule has 53 heavy (non-hydrogen) atoms. The molecular weight excluding hydrogens is 667 g/mol. The molecule has 0 fully saturated rings. The molecule has 0 atom stereocenters. The SMILES string of the molecule is C/C=C\C(=C/C)n1c2ccccc2c2cc(-c3nc(-n4c5ncccc5c5c6ccccc6c6c7ccccc7sc6c54)nc4ccccc34)ccc21. The third-order valence-electron chi connectivity index (χ3n) is 10.6. The van der Waals surface area contributed by atoms with E-state index in [0.717, 1.165) is 49.9 Å². The lowest BCUT2D eigenvalue weighted by Gasteiger charge is -2.13. The van der Waals surface area contributed by atoms with Gasteiger partial charge in [-0.2, -0.15) is 0 Å². The maximum atomic E-state index is 5.52. The van der Waals surface area contributed by atoms with E-state index < -0.39 is 0 Å². The van der Waals surface area contributed by atoms with Crippen LogP contribution in [0.2, 0.25) is 0 Å². The Balaban J connectivity index is 1.26. The van der Waals surface area contributed by atoms with Gasteiger partial charge in [-0.3, -0.25) is 4.57 Å². The molecule has 0 radical (unpaired) electrons. The normalized spacial score (nSPS) is 12.8. The number of hydrogen-bond donors (Lipinski definition) is 0. The summed E-state index contributed by atoms with van der Waals surface area (Å²) in [5.74, 6) is 0.609. The number of thiophene rings is 1. The summed E-state index contributed by atoms with van der Waals surface area (Å²) in [6.45, 7) is 4.16. The van der Waals surface area contributed by atoms with E-state index in [-0.39, 0.29) is 0 Å². The van der Waals surface area contributed by atoms with Gasteiger partial charge in [0.05, 0.1) is 32.5 Å². The summed E-state index contributed by atoms with van der Waals surface area (Å²) < 4.78 is 7.03. The molecule has 250 valence electrons. The van der Waals surface area contributed by atoms with Crippen molar-refractivity contribution in [3.05, 3.63) is 152 Å². The summed E-state index contributed by atoms with van der Waals surface area (Å²) in [5.41, 5.74) is 8.23. The fourth-order valence-corrected chi connectivity index (χ4v) is 9.71. The van der Waals surface area contributed by atoms with Crippen LogP contribution in [0.3, 0.4) is 0 Å². The molecular formula is C47H31N5S. The average molecular weight is 698 g/mol. The van der Waals surface area contributed by atoms with Crippen molar-refractivity contribution in [1.82, 2.24) is 24.1 Å². The maximum absolute atomic E-state index is 5.52. The number of pyridine rings is 1. The van der Waals surface area contributed by atoms with Gasteiger partial charge in [-0.25, -0.2) is 15.0 Å². The Morgan fingerprint density at radius 1 is 0.623 bits per heavy atom. The van der Waals surface area contributed by atoms with Crippen LogP contribution in [-0.2, 0) is 0 Å². The van der Waals surface area contributed by atoms with E-state index in [4.69, 9.17) is 15.0 Å². The summed E-state index contributed by atoms with van der Waals surface area (Å²) in [5, 5.41) is 10.6. The van der Waals surface area contributed by atoms with Crippen molar-refractivity contribution in [3.63, 3.8) is 0 Å². The lowest BCUT2D eigenvalue weighted by Crippen LogP contribution is -2.04. The molecule has 11 rings (SSSR count). The number of nitrogens with zero attached hydrogens (tertiary/aromatic N) is 5. The highest BCUT2D eigenvalue weighted by Crippen LogP contribution is 2.47. The van der Waals surface area contributed by atoms with E-state index >= 15 is 0 Å². The van der Waals surface area contributed by atoms with Gasteiger partial charge in [-0.15, -0.1) is 11.3 Å². The van der Waals surface area contributed by atoms with Gasteiger partial charge in [-0.1, -0.05) is 97.1 Å². The van der Waals surface area contributed by atoms with Gasteiger partial charge in [0, 0.05) is 59.9 Å². The highest BCUT2D eigenvalue weighted by molar-refractivity contribution is 7.27. The minimum atomic E-state index is 0.609. The van der Waals surface area contributed by atoms with Gasteiger partial charge in [-0.05, 0) is 73.2 Å². The van der Waals surface area contributed by atoms with Crippen LogP contribution in [0.1, 0.15) is 13.8 Å². The van der Waals surface area contributed by atoms with Crippen LogP contribution in [0, 0.1) is 0 Å². The molecule has 5 aromatic heterocycles. The van der Waals surface area contributed by atoms with Crippen LogP contribution < -0.4 is 0 Å². The lowest BCUT2D eigenvalue weighted by atomic mass is 9.99. The topological polar surface area (TPSA) is 48.5 Å². The van der Waals surface area contributed by atoms with Crippen molar-refractivity contribution in [3.8, 4) is 17.2 Å². The zero-order valence-corrected chi connectivity index (χ0v) is 29.9. The zero-order chi connectivity index (χ0) is 35.2. The smallest absolute Gasteiger partial charge is 0.237 e. The van der Waals surface area contributed by atoms with Crippen LogP contribution >= 0.6 is 11.3 Å². The van der Waals surface area contributed by atoms with E-state index in [0.29, 0.717) is 5.95 Å². The molecule has 0 saturated carbocycles. The molecule has 0 saturated heterocycles. The molecule has 5 nitrogen and oxygen atoms in total. The number of benzene rings is 6. The van der Waals surface area contributed by atoms with Crippen LogP contribution in [0.5, 0.6) is 0 Å². The highest BCUT2D eigenvalue weighted by atomic mass is 32.1. The Hall–Kier alpha value is -6.63. The van der Waals surface area contributed by atoms with Gasteiger partial charge < -0.3 is 4.57 Å². The van der Waals surface area contributed by atoms with E-state index in [1.165, 1.54) is 52.6 Å². The highest BCUT2D eigenvalue weighted by Gasteiger charge is 2.24. The third-order valence-corrected chi connectivity index (χ3v) is 11.8. The van der Waals surface area contributed by atoms with Gasteiger partial charge in [0.25, 0.3) is 0 Å². The van der Waals surface area contributed by atoms with Crippen molar-refractivity contribution in [2.24, 2.45) is 0 Å². The van der Waals surface area contributed by atoms with Crippen molar-refractivity contribution >= 4 is 103 Å². The molecule has 0 amide bonds. The first-order chi connectivity index (χ1) is 26.2. The number of hydrogen-bond acceptors (Lipinski definition) is 4. The van der Waals surface area contributed by atoms with Crippen LogP contribution in [0.25, 0.3) is 108 Å². The number of aromatic nitrogens is 5. The van der Waals surface area contributed by atoms with E-state index in [9.17, 15) is 0 Å². The molecule has 0 N–H and O–H groups in total. The Bertz CT molecular complexity index is 3380. The summed E-state index contributed by atoms with van der Waals surface area (Å²) in [4.78, 5) is 15.9. The van der Waals surface area contributed by atoms with Gasteiger partial charge in [0.2, 0.25) is 5.95 Å². The molecule has 6 aromatic carbocycles. The fourth-order valence-electron chi connectivity index (χ4n) is 8.45. The van der Waals surface area contributed by atoms with Gasteiger partial charge >= 0.3 is 0 Å². The summed E-state index contributed by atoms with van der Waals surface area (Å²) in [6, 6.07) is 45.5. The van der Waals surface area contributed by atoms with Gasteiger partial charge in [0.1, 0.15) is 5.65 Å². The molecule has 0 spiro atoms. The Morgan fingerprint density at radius 3 is 2.15 bits per heavy atom. The maximum Gasteiger partial charge on any atom is 0.237 e. The molecule has 6 heteroatoms. The van der Waals surface area contributed by atoms with Crippen LogP contribution in [-0.4, -0.2) is 24.1 Å². The predicted molar refractivity (Wildman–Crippen MR) is 225 cm³/mol. The Kier molecular flexibility index (Phi) is 6.48. The number of fused-ring (bicyclic) bond motifs is 14. The minimum absolute atomic E-state index is 0.609. The molecule has 0 aliphatic rings. The molecule has 0 aliphatic heterocycles. The molecule has 0 aliphatic carbocycles. The number of para-hydroxylation sites is 2. The monoisotopic (exact) mass is 697 g/mol. The first kappa shape index (κ1) is 30.0. The Morgan fingerprint density at radius 2 is 1.32 bits per heavy atom. The largest absolute Gasteiger partial charge is 0.310 e. The third kappa shape index (κ3) is 4.21. The summed E-state index contributed by atoms with van der Waals surface area (Å²) in [6.07, 6.45) is 8.30. The van der Waals surface area contributed by atoms with Crippen molar-refractivity contribution in [1.29, 1.82) is 0 Å². The second-order valence-corrected chi connectivity index (χ2v) is 14.5. The fraction of sp³-hybridized carbons (Fsp3) is 0.0426. The standard InChI is InChI=1S/C47H31N5S/c1-3-14-29(4-2)51-38-22-11-8-15-30(38)36-27-28(24-25-39(36)51)43-33-18-7-10-21-37(33)49-47(50-43)52-44-41(35-20-13-26-48-46(35)52)31-16-5-6-17-32(31)42-34-19-9-12-23-40(34)53-45(42)44/h3-27H,1-2H3/b14-3-,29-4+. The molecule has 5 heterocycles. The minimum Gasteiger partial charge on any atom is -0.310 e. The average Bonchev–Trinajstić information content (AvgIpc) is 3.88. The van der Waals surface area contributed by atoms with Crippen molar-refractivity contribution in [2.75, 3.05) is 0 Å². The summed E-state index contributed by atoms with van der Waals surface area (Å²) >= 11 is 1.83. The van der Waals surface area contributed by atoms with Crippen LogP contribution in [0.15, 0.2) is 152 Å². The second-order valence-electron chi connectivity index (χ2n) is 13.5. The number of rotatable bonds is 4. The van der Waals surface area contributed by atoms with Crippen LogP contribution in [0.4, 0.5) is 0 Å². The molecule has 0 bridgehead atoms. The second kappa shape index (κ2) is 11.4. The quantitative estimate of drug-likeness (QED) is 0.172. The first-order valence-corrected chi connectivity index (χ1v) is 18.8. The molecule has 0 unspecified atom stereocenters. The van der Waals surface area contributed by atoms with E-state index in [2.05, 4.69) is 163 Å².